The Kier molecular flexibility index (Phi) is 8.46. The molecule has 1 fully saturated rings. The molecule has 1 N–H and O–H groups in total. The summed E-state index contributed by atoms with van der Waals surface area (Å²) in [6.45, 7) is 2.94. The van der Waals surface area contributed by atoms with E-state index in [4.69, 9.17) is 40.2 Å². The van der Waals surface area contributed by atoms with Gasteiger partial charge in [0.1, 0.15) is 11.8 Å². The molecule has 1 heterocycles. The van der Waals surface area contributed by atoms with Crippen LogP contribution >= 0.6 is 35.4 Å². The van der Waals surface area contributed by atoms with Gasteiger partial charge in [-0.15, -0.1) is 0 Å². The second-order valence-corrected chi connectivity index (χ2v) is 9.47. The lowest BCUT2D eigenvalue weighted by atomic mass is 10.1. The average molecular weight is 542 g/mol. The van der Waals surface area contributed by atoms with Gasteiger partial charge in [0.05, 0.1) is 18.7 Å². The first kappa shape index (κ1) is 25.9. The summed E-state index contributed by atoms with van der Waals surface area (Å²) in [5, 5.41) is 4.44. The van der Waals surface area contributed by atoms with Gasteiger partial charge >= 0.3 is 0 Å². The van der Waals surface area contributed by atoms with E-state index in [2.05, 4.69) is 5.32 Å². The van der Waals surface area contributed by atoms with E-state index in [0.717, 1.165) is 11.3 Å². The molecule has 2 amide bonds. The fourth-order valence-electron chi connectivity index (χ4n) is 4.00. The Morgan fingerprint density at radius 1 is 0.972 bits per heavy atom. The highest BCUT2D eigenvalue weighted by atomic mass is 35.5. The van der Waals surface area contributed by atoms with Gasteiger partial charge in [0, 0.05) is 22.3 Å². The van der Waals surface area contributed by atoms with Gasteiger partial charge in [-0.25, -0.2) is 0 Å². The summed E-state index contributed by atoms with van der Waals surface area (Å²) in [7, 11) is 0. The lowest BCUT2D eigenvalue weighted by Crippen LogP contribution is -2.39. The van der Waals surface area contributed by atoms with Gasteiger partial charge in [-0.3, -0.25) is 14.5 Å². The maximum Gasteiger partial charge on any atom is 0.256 e. The number of anilines is 2. The van der Waals surface area contributed by atoms with E-state index in [-0.39, 0.29) is 18.2 Å². The monoisotopic (exact) mass is 541 g/mol. The summed E-state index contributed by atoms with van der Waals surface area (Å²) < 4.78 is 5.44. The number of nitrogens with one attached hydrogen (secondary N) is 1. The Morgan fingerprint density at radius 2 is 1.58 bits per heavy atom. The zero-order valence-electron chi connectivity index (χ0n) is 19.6. The van der Waals surface area contributed by atoms with Gasteiger partial charge in [0.2, 0.25) is 5.91 Å². The standard InChI is InChI=1S/C27H25Cl2N3O3S/c1-2-35-23-13-9-21(10-14-23)30-25(33)17-24-26(34)32(22-11-7-20(29)8-12-22)27(36)31(24)16-15-18-3-5-19(28)6-4-18/h3-14,24H,2,15-17H2,1H3,(H,30,33). The Morgan fingerprint density at radius 3 is 2.19 bits per heavy atom. The molecule has 0 radical (unpaired) electrons. The molecule has 1 aliphatic heterocycles. The molecule has 0 saturated carbocycles. The molecule has 1 atom stereocenters. The van der Waals surface area contributed by atoms with Gasteiger partial charge in [-0.2, -0.15) is 0 Å². The quantitative estimate of drug-likeness (QED) is 0.338. The van der Waals surface area contributed by atoms with Crippen molar-refractivity contribution in [3.05, 3.63) is 88.4 Å². The number of hydrogen-bond acceptors (Lipinski definition) is 4. The van der Waals surface area contributed by atoms with Crippen LogP contribution in [0.25, 0.3) is 0 Å². The number of thiocarbonyl (C=S) groups is 1. The van der Waals surface area contributed by atoms with Crippen LogP contribution in [0.1, 0.15) is 18.9 Å². The highest BCUT2D eigenvalue weighted by molar-refractivity contribution is 7.80. The third-order valence-electron chi connectivity index (χ3n) is 5.79. The van der Waals surface area contributed by atoms with Crippen molar-refractivity contribution >= 4 is 63.7 Å². The average Bonchev–Trinajstić information content (AvgIpc) is 3.09. The topological polar surface area (TPSA) is 61.9 Å². The minimum atomic E-state index is -0.733. The van der Waals surface area contributed by atoms with Crippen molar-refractivity contribution in [2.24, 2.45) is 0 Å². The van der Waals surface area contributed by atoms with Crippen LogP contribution in [0.15, 0.2) is 72.8 Å². The second kappa shape index (κ2) is 11.7. The van der Waals surface area contributed by atoms with E-state index in [0.29, 0.717) is 46.1 Å². The van der Waals surface area contributed by atoms with Crippen molar-refractivity contribution in [2.75, 3.05) is 23.4 Å². The molecule has 0 aliphatic carbocycles. The van der Waals surface area contributed by atoms with E-state index >= 15 is 0 Å². The second-order valence-electron chi connectivity index (χ2n) is 8.23. The summed E-state index contributed by atoms with van der Waals surface area (Å²) in [6, 6.07) is 20.8. The largest absolute Gasteiger partial charge is 0.494 e. The Labute approximate surface area is 225 Å². The van der Waals surface area contributed by atoms with Crippen LogP contribution in [-0.2, 0) is 16.0 Å². The first-order valence-electron chi connectivity index (χ1n) is 11.5. The van der Waals surface area contributed by atoms with E-state index in [1.165, 1.54) is 4.90 Å². The van der Waals surface area contributed by atoms with Crippen LogP contribution in [0, 0.1) is 0 Å². The van der Waals surface area contributed by atoms with Gasteiger partial charge in [-0.1, -0.05) is 35.3 Å². The molecule has 6 nitrogen and oxygen atoms in total. The number of carbonyl (C=O) groups excluding carboxylic acids is 2. The van der Waals surface area contributed by atoms with Gasteiger partial charge in [-0.05, 0) is 91.8 Å². The molecule has 1 saturated heterocycles. The molecule has 186 valence electrons. The Hall–Kier alpha value is -3.13. The van der Waals surface area contributed by atoms with Crippen LogP contribution < -0.4 is 15.0 Å². The summed E-state index contributed by atoms with van der Waals surface area (Å²) in [5.74, 6) is 0.189. The SMILES string of the molecule is CCOc1ccc(NC(=O)CC2C(=O)N(c3ccc(Cl)cc3)C(=S)N2CCc2ccc(Cl)cc2)cc1. The zero-order chi connectivity index (χ0) is 25.7. The summed E-state index contributed by atoms with van der Waals surface area (Å²) >= 11 is 17.8. The first-order chi connectivity index (χ1) is 17.4. The normalized spacial score (nSPS) is 15.4. The van der Waals surface area contributed by atoms with Crippen LogP contribution in [0.5, 0.6) is 5.75 Å². The highest BCUT2D eigenvalue weighted by Gasteiger charge is 2.43. The molecule has 3 aromatic rings. The Balaban J connectivity index is 1.52. The molecule has 1 unspecified atom stereocenters. The zero-order valence-corrected chi connectivity index (χ0v) is 21.9. The molecule has 1 aliphatic rings. The van der Waals surface area contributed by atoms with Gasteiger partial charge < -0.3 is 15.0 Å². The molecule has 4 rings (SSSR count). The van der Waals surface area contributed by atoms with Crippen molar-refractivity contribution in [3.63, 3.8) is 0 Å². The van der Waals surface area contributed by atoms with Crippen molar-refractivity contribution in [3.8, 4) is 5.75 Å². The van der Waals surface area contributed by atoms with Crippen LogP contribution in [0.3, 0.4) is 0 Å². The van der Waals surface area contributed by atoms with E-state index in [9.17, 15) is 9.59 Å². The summed E-state index contributed by atoms with van der Waals surface area (Å²) in [4.78, 5) is 29.8. The van der Waals surface area contributed by atoms with Crippen molar-refractivity contribution in [1.82, 2.24) is 4.90 Å². The third-order valence-corrected chi connectivity index (χ3v) is 6.71. The first-order valence-corrected chi connectivity index (χ1v) is 12.7. The smallest absolute Gasteiger partial charge is 0.256 e. The van der Waals surface area contributed by atoms with E-state index in [1.807, 2.05) is 36.1 Å². The maximum atomic E-state index is 13.5. The summed E-state index contributed by atoms with van der Waals surface area (Å²) in [5.41, 5.74) is 2.29. The number of amides is 2. The van der Waals surface area contributed by atoms with Gasteiger partial charge in [0.25, 0.3) is 5.91 Å². The number of halogens is 2. The number of carbonyl (C=O) groups is 2. The fourth-order valence-corrected chi connectivity index (χ4v) is 4.67. The predicted octanol–water partition coefficient (Wildman–Crippen LogP) is 5.97. The van der Waals surface area contributed by atoms with E-state index < -0.39 is 6.04 Å². The molecule has 0 bridgehead atoms. The van der Waals surface area contributed by atoms with Crippen LogP contribution in [-0.4, -0.2) is 41.0 Å². The third kappa shape index (κ3) is 6.16. The fraction of sp³-hybridized carbons (Fsp3) is 0.222. The molecular weight excluding hydrogens is 517 g/mol. The molecule has 9 heteroatoms. The van der Waals surface area contributed by atoms with Crippen molar-refractivity contribution < 1.29 is 14.3 Å². The molecule has 0 aromatic heterocycles. The lowest BCUT2D eigenvalue weighted by molar-refractivity contribution is -0.124. The number of benzene rings is 3. The van der Waals surface area contributed by atoms with Crippen molar-refractivity contribution in [1.29, 1.82) is 0 Å². The summed E-state index contributed by atoms with van der Waals surface area (Å²) in [6.07, 6.45) is 0.590. The minimum Gasteiger partial charge on any atom is -0.494 e. The predicted molar refractivity (Wildman–Crippen MR) is 148 cm³/mol. The Bertz CT molecular complexity index is 1230. The molecule has 0 spiro atoms. The number of rotatable bonds is 9. The molecule has 3 aromatic carbocycles. The number of ether oxygens (including phenoxy) is 1. The lowest BCUT2D eigenvalue weighted by Gasteiger charge is -2.24. The number of nitrogens with zero attached hydrogens (tertiary/aromatic N) is 2. The minimum absolute atomic E-state index is 0.0447. The van der Waals surface area contributed by atoms with Crippen LogP contribution in [0.2, 0.25) is 10.0 Å². The van der Waals surface area contributed by atoms with Gasteiger partial charge in [0.15, 0.2) is 5.11 Å². The van der Waals surface area contributed by atoms with E-state index in [1.54, 1.807) is 48.5 Å². The number of hydrogen-bond donors (Lipinski definition) is 1. The maximum absolute atomic E-state index is 13.5. The molecule has 36 heavy (non-hydrogen) atoms. The van der Waals surface area contributed by atoms with Crippen molar-refractivity contribution in [2.45, 2.75) is 25.8 Å². The highest BCUT2D eigenvalue weighted by Crippen LogP contribution is 2.29. The van der Waals surface area contributed by atoms with Crippen LogP contribution in [0.4, 0.5) is 11.4 Å². The molecular formula is C27H25Cl2N3O3S.